The predicted molar refractivity (Wildman–Crippen MR) is 61.9 cm³/mol. The third-order valence-electron chi connectivity index (χ3n) is 2.35. The van der Waals surface area contributed by atoms with Crippen molar-refractivity contribution < 1.29 is 5.11 Å². The molecule has 0 heterocycles. The maximum atomic E-state index is 9.91. The molecule has 0 aliphatic heterocycles. The van der Waals surface area contributed by atoms with Gasteiger partial charge in [0.1, 0.15) is 0 Å². The average Bonchev–Trinajstić information content (AvgIpc) is 2.16. The summed E-state index contributed by atoms with van der Waals surface area (Å²) in [6, 6.07) is 7.38. The largest absolute Gasteiger partial charge is 0.387 e. The normalized spacial score (nSPS) is 15.6. The quantitative estimate of drug-likeness (QED) is 0.874. The first kappa shape index (κ1) is 11.7. The second-order valence-corrected chi connectivity index (χ2v) is 4.73. The van der Waals surface area contributed by atoms with Crippen LogP contribution in [0.15, 0.2) is 28.7 Å². The highest BCUT2D eigenvalue weighted by atomic mass is 79.9. The van der Waals surface area contributed by atoms with Crippen LogP contribution < -0.4 is 5.73 Å². The Morgan fingerprint density at radius 2 is 1.71 bits per heavy atom. The third kappa shape index (κ3) is 2.80. The first-order valence-electron chi connectivity index (χ1n) is 4.71. The summed E-state index contributed by atoms with van der Waals surface area (Å²) in [6.07, 6.45) is -0.580. The molecule has 0 aliphatic carbocycles. The molecule has 2 atom stereocenters. The molecule has 14 heavy (non-hydrogen) atoms. The van der Waals surface area contributed by atoms with Crippen molar-refractivity contribution in [2.24, 2.45) is 11.7 Å². The summed E-state index contributed by atoms with van der Waals surface area (Å²) in [5, 5.41) is 9.91. The maximum absolute atomic E-state index is 9.91. The van der Waals surface area contributed by atoms with Gasteiger partial charge in [-0.2, -0.15) is 0 Å². The van der Waals surface area contributed by atoms with Gasteiger partial charge in [-0.25, -0.2) is 0 Å². The van der Waals surface area contributed by atoms with E-state index in [-0.39, 0.29) is 12.0 Å². The number of hydrogen-bond donors (Lipinski definition) is 2. The van der Waals surface area contributed by atoms with Crippen molar-refractivity contribution in [3.8, 4) is 0 Å². The Balaban J connectivity index is 2.78. The Kier molecular flexibility index (Phi) is 4.11. The van der Waals surface area contributed by atoms with Gasteiger partial charge in [0.05, 0.1) is 6.10 Å². The number of aliphatic hydroxyl groups excluding tert-OH is 1. The predicted octanol–water partition coefficient (Wildman–Crippen LogP) is 2.47. The van der Waals surface area contributed by atoms with Crippen LogP contribution in [0, 0.1) is 5.92 Å². The highest BCUT2D eigenvalue weighted by Gasteiger charge is 2.19. The SMILES string of the molecule is CC(C)C(N)C(O)c1ccc(Br)cc1. The van der Waals surface area contributed by atoms with E-state index in [1.54, 1.807) is 0 Å². The Bertz CT molecular complexity index is 284. The van der Waals surface area contributed by atoms with E-state index < -0.39 is 6.10 Å². The van der Waals surface area contributed by atoms with Crippen molar-refractivity contribution in [2.75, 3.05) is 0 Å². The minimum Gasteiger partial charge on any atom is -0.387 e. The Labute approximate surface area is 93.3 Å². The smallest absolute Gasteiger partial charge is 0.0943 e. The summed E-state index contributed by atoms with van der Waals surface area (Å²) in [4.78, 5) is 0. The van der Waals surface area contributed by atoms with Gasteiger partial charge in [-0.1, -0.05) is 41.9 Å². The van der Waals surface area contributed by atoms with Crippen LogP contribution in [0.1, 0.15) is 25.5 Å². The second-order valence-electron chi connectivity index (χ2n) is 3.82. The summed E-state index contributed by atoms with van der Waals surface area (Å²) in [6.45, 7) is 4.01. The first-order valence-corrected chi connectivity index (χ1v) is 5.50. The van der Waals surface area contributed by atoms with E-state index >= 15 is 0 Å². The second kappa shape index (κ2) is 4.91. The van der Waals surface area contributed by atoms with Crippen LogP contribution in [0.4, 0.5) is 0 Å². The molecule has 0 bridgehead atoms. The molecular weight excluding hydrogens is 242 g/mol. The first-order chi connectivity index (χ1) is 6.52. The molecule has 1 rings (SSSR count). The van der Waals surface area contributed by atoms with Gasteiger partial charge in [0.25, 0.3) is 0 Å². The van der Waals surface area contributed by atoms with Crippen LogP contribution in [0.5, 0.6) is 0 Å². The van der Waals surface area contributed by atoms with E-state index in [9.17, 15) is 5.11 Å². The van der Waals surface area contributed by atoms with E-state index in [1.165, 1.54) is 0 Å². The van der Waals surface area contributed by atoms with Gasteiger partial charge in [0, 0.05) is 10.5 Å². The number of rotatable bonds is 3. The van der Waals surface area contributed by atoms with E-state index in [0.717, 1.165) is 10.0 Å². The van der Waals surface area contributed by atoms with E-state index in [2.05, 4.69) is 15.9 Å². The van der Waals surface area contributed by atoms with Crippen LogP contribution in [0.2, 0.25) is 0 Å². The van der Waals surface area contributed by atoms with E-state index in [0.29, 0.717) is 0 Å². The molecule has 2 unspecified atom stereocenters. The van der Waals surface area contributed by atoms with E-state index in [1.807, 2.05) is 38.1 Å². The van der Waals surface area contributed by atoms with Gasteiger partial charge < -0.3 is 10.8 Å². The van der Waals surface area contributed by atoms with Gasteiger partial charge in [0.15, 0.2) is 0 Å². The lowest BCUT2D eigenvalue weighted by Crippen LogP contribution is -2.33. The molecule has 0 saturated carbocycles. The molecule has 78 valence electrons. The highest BCUT2D eigenvalue weighted by Crippen LogP contribution is 2.21. The molecule has 0 aromatic heterocycles. The molecule has 0 amide bonds. The van der Waals surface area contributed by atoms with Gasteiger partial charge in [-0.15, -0.1) is 0 Å². The average molecular weight is 258 g/mol. The summed E-state index contributed by atoms with van der Waals surface area (Å²) in [7, 11) is 0. The number of halogens is 1. The zero-order chi connectivity index (χ0) is 10.7. The number of hydrogen-bond acceptors (Lipinski definition) is 2. The van der Waals surface area contributed by atoms with Gasteiger partial charge in [-0.05, 0) is 23.6 Å². The Morgan fingerprint density at radius 1 is 1.21 bits per heavy atom. The number of nitrogens with two attached hydrogens (primary N) is 1. The van der Waals surface area contributed by atoms with Crippen molar-refractivity contribution in [1.82, 2.24) is 0 Å². The Morgan fingerprint density at radius 3 is 2.14 bits per heavy atom. The molecule has 0 aliphatic rings. The van der Waals surface area contributed by atoms with Gasteiger partial charge >= 0.3 is 0 Å². The van der Waals surface area contributed by atoms with Crippen molar-refractivity contribution >= 4 is 15.9 Å². The van der Waals surface area contributed by atoms with Gasteiger partial charge in [0.2, 0.25) is 0 Å². The van der Waals surface area contributed by atoms with Crippen LogP contribution in [-0.2, 0) is 0 Å². The summed E-state index contributed by atoms with van der Waals surface area (Å²) in [5.41, 5.74) is 6.74. The molecule has 0 fully saturated rings. The molecule has 2 nitrogen and oxygen atoms in total. The molecule has 0 radical (unpaired) electrons. The zero-order valence-corrected chi connectivity index (χ0v) is 10.0. The minimum atomic E-state index is -0.580. The summed E-state index contributed by atoms with van der Waals surface area (Å²) in [5.74, 6) is 0.272. The van der Waals surface area contributed by atoms with Crippen molar-refractivity contribution in [3.63, 3.8) is 0 Å². The molecule has 0 saturated heterocycles. The van der Waals surface area contributed by atoms with E-state index in [4.69, 9.17) is 5.73 Å². The van der Waals surface area contributed by atoms with Crippen LogP contribution >= 0.6 is 15.9 Å². The standard InChI is InChI=1S/C11H16BrNO/c1-7(2)10(13)11(14)8-3-5-9(12)6-4-8/h3-7,10-11,14H,13H2,1-2H3. The molecule has 0 spiro atoms. The highest BCUT2D eigenvalue weighted by molar-refractivity contribution is 9.10. The Hall–Kier alpha value is -0.380. The molecule has 1 aromatic rings. The topological polar surface area (TPSA) is 46.2 Å². The summed E-state index contributed by atoms with van der Waals surface area (Å²) < 4.78 is 1.01. The molecule has 3 heteroatoms. The lowest BCUT2D eigenvalue weighted by Gasteiger charge is -2.22. The fraction of sp³-hybridized carbons (Fsp3) is 0.455. The van der Waals surface area contributed by atoms with Crippen molar-refractivity contribution in [2.45, 2.75) is 26.0 Å². The molecule has 3 N–H and O–H groups in total. The fourth-order valence-corrected chi connectivity index (χ4v) is 1.51. The fourth-order valence-electron chi connectivity index (χ4n) is 1.25. The van der Waals surface area contributed by atoms with Gasteiger partial charge in [-0.3, -0.25) is 0 Å². The van der Waals surface area contributed by atoms with Crippen molar-refractivity contribution in [1.29, 1.82) is 0 Å². The lowest BCUT2D eigenvalue weighted by molar-refractivity contribution is 0.126. The molecular formula is C11H16BrNO. The maximum Gasteiger partial charge on any atom is 0.0943 e. The third-order valence-corrected chi connectivity index (χ3v) is 2.87. The number of aliphatic hydroxyl groups is 1. The lowest BCUT2D eigenvalue weighted by atomic mass is 9.94. The van der Waals surface area contributed by atoms with Crippen molar-refractivity contribution in [3.05, 3.63) is 34.3 Å². The van der Waals surface area contributed by atoms with Crippen LogP contribution in [-0.4, -0.2) is 11.1 Å². The minimum absolute atomic E-state index is 0.212. The van der Waals surface area contributed by atoms with Crippen LogP contribution in [0.3, 0.4) is 0 Å². The monoisotopic (exact) mass is 257 g/mol. The molecule has 1 aromatic carbocycles. The summed E-state index contributed by atoms with van der Waals surface area (Å²) >= 11 is 3.35. The van der Waals surface area contributed by atoms with Crippen LogP contribution in [0.25, 0.3) is 0 Å². The zero-order valence-electron chi connectivity index (χ0n) is 8.44. The number of benzene rings is 1.